The number of nitrogens with zero attached hydrogens (tertiary/aromatic N) is 3. The summed E-state index contributed by atoms with van der Waals surface area (Å²) in [5.41, 5.74) is 1.15. The lowest BCUT2D eigenvalue weighted by Gasteiger charge is -2.34. The number of halogens is 1. The van der Waals surface area contributed by atoms with E-state index in [0.717, 1.165) is 16.7 Å². The Morgan fingerprint density at radius 3 is 2.71 bits per heavy atom. The van der Waals surface area contributed by atoms with Crippen molar-refractivity contribution in [2.45, 2.75) is 25.4 Å². The van der Waals surface area contributed by atoms with Gasteiger partial charge in [0.15, 0.2) is 0 Å². The van der Waals surface area contributed by atoms with Crippen LogP contribution >= 0.6 is 15.9 Å². The molecule has 0 aliphatic carbocycles. The van der Waals surface area contributed by atoms with E-state index in [1.165, 1.54) is 25.9 Å². The van der Waals surface area contributed by atoms with Crippen LogP contribution in [0, 0.1) is 0 Å². The molecule has 0 N–H and O–H groups in total. The molecule has 17 heavy (non-hydrogen) atoms. The van der Waals surface area contributed by atoms with E-state index in [-0.39, 0.29) is 0 Å². The molecular formula is C13H20BrN3. The zero-order valence-corrected chi connectivity index (χ0v) is 12.2. The fourth-order valence-corrected chi connectivity index (χ4v) is 2.55. The number of rotatable bonds is 3. The van der Waals surface area contributed by atoms with Crippen LogP contribution in [0.15, 0.2) is 22.8 Å². The highest BCUT2D eigenvalue weighted by Gasteiger charge is 2.20. The third-order valence-electron chi connectivity index (χ3n) is 3.51. The molecule has 3 nitrogen and oxygen atoms in total. The predicted molar refractivity (Wildman–Crippen MR) is 73.9 cm³/mol. The lowest BCUT2D eigenvalue weighted by Crippen LogP contribution is -2.41. The largest absolute Gasteiger partial charge is 0.306 e. The van der Waals surface area contributed by atoms with Crippen molar-refractivity contribution in [3.8, 4) is 0 Å². The van der Waals surface area contributed by atoms with Gasteiger partial charge in [-0.25, -0.2) is 0 Å². The Morgan fingerprint density at radius 2 is 2.12 bits per heavy atom. The predicted octanol–water partition coefficient (Wildman–Crippen LogP) is 2.37. The van der Waals surface area contributed by atoms with E-state index in [4.69, 9.17) is 0 Å². The third kappa shape index (κ3) is 3.76. The molecule has 0 spiro atoms. The molecule has 94 valence electrons. The number of pyridine rings is 1. The first kappa shape index (κ1) is 13.0. The van der Waals surface area contributed by atoms with Crippen LogP contribution in [0.1, 0.15) is 18.5 Å². The summed E-state index contributed by atoms with van der Waals surface area (Å²) in [5, 5.41) is 0. The number of likely N-dealkylation sites (tertiary alicyclic amines) is 1. The molecule has 1 fully saturated rings. The third-order valence-corrected chi connectivity index (χ3v) is 3.98. The minimum Gasteiger partial charge on any atom is -0.306 e. The van der Waals surface area contributed by atoms with Gasteiger partial charge in [-0.3, -0.25) is 9.88 Å². The van der Waals surface area contributed by atoms with E-state index in [9.17, 15) is 0 Å². The van der Waals surface area contributed by atoms with Crippen molar-refractivity contribution in [2.75, 3.05) is 27.2 Å². The van der Waals surface area contributed by atoms with E-state index in [0.29, 0.717) is 6.04 Å². The summed E-state index contributed by atoms with van der Waals surface area (Å²) < 4.78 is 1.04. The van der Waals surface area contributed by atoms with E-state index in [1.807, 2.05) is 6.20 Å². The van der Waals surface area contributed by atoms with Gasteiger partial charge in [0.05, 0.1) is 5.69 Å². The maximum atomic E-state index is 4.43. The Bertz CT molecular complexity index is 344. The molecule has 0 amide bonds. The van der Waals surface area contributed by atoms with Crippen LogP contribution in [-0.4, -0.2) is 48.0 Å². The quantitative estimate of drug-likeness (QED) is 0.854. The van der Waals surface area contributed by atoms with Crippen molar-refractivity contribution in [3.05, 3.63) is 28.5 Å². The summed E-state index contributed by atoms with van der Waals surface area (Å²) in [7, 11) is 4.41. The number of piperidine rings is 1. The second-order valence-corrected chi connectivity index (χ2v) is 5.83. The number of hydrogen-bond acceptors (Lipinski definition) is 3. The lowest BCUT2D eigenvalue weighted by atomic mass is 10.0. The smallest absolute Gasteiger partial charge is 0.0544 e. The van der Waals surface area contributed by atoms with E-state index in [1.54, 1.807) is 0 Å². The molecule has 0 radical (unpaired) electrons. The summed E-state index contributed by atoms with van der Waals surface area (Å²) in [6.07, 6.45) is 4.41. The molecule has 1 aromatic rings. The Morgan fingerprint density at radius 1 is 1.41 bits per heavy atom. The topological polar surface area (TPSA) is 19.4 Å². The average molecular weight is 298 g/mol. The molecule has 0 bridgehead atoms. The highest BCUT2D eigenvalue weighted by molar-refractivity contribution is 9.10. The van der Waals surface area contributed by atoms with E-state index < -0.39 is 0 Å². The standard InChI is InChI=1S/C13H20BrN3/c1-16-7-5-13(6-8-16)17(2)10-12-4-3-11(14)9-15-12/h3-4,9,13H,5-8,10H2,1-2H3. The van der Waals surface area contributed by atoms with Crippen LogP contribution in [0.2, 0.25) is 0 Å². The van der Waals surface area contributed by atoms with Gasteiger partial charge >= 0.3 is 0 Å². The second-order valence-electron chi connectivity index (χ2n) is 4.92. The molecule has 0 saturated carbocycles. The molecule has 2 heterocycles. The normalized spacial score (nSPS) is 18.8. The lowest BCUT2D eigenvalue weighted by molar-refractivity contribution is 0.138. The van der Waals surface area contributed by atoms with Crippen molar-refractivity contribution < 1.29 is 0 Å². The minimum absolute atomic E-state index is 0.705. The number of aromatic nitrogens is 1. The fourth-order valence-electron chi connectivity index (χ4n) is 2.32. The van der Waals surface area contributed by atoms with Crippen molar-refractivity contribution in [1.82, 2.24) is 14.8 Å². The first-order valence-corrected chi connectivity index (χ1v) is 6.93. The van der Waals surface area contributed by atoms with Crippen molar-refractivity contribution in [2.24, 2.45) is 0 Å². The van der Waals surface area contributed by atoms with Gasteiger partial charge in [0.2, 0.25) is 0 Å². The molecular weight excluding hydrogens is 278 g/mol. The minimum atomic E-state index is 0.705. The van der Waals surface area contributed by atoms with Crippen molar-refractivity contribution >= 4 is 15.9 Å². The van der Waals surface area contributed by atoms with Crippen molar-refractivity contribution in [1.29, 1.82) is 0 Å². The summed E-state index contributed by atoms with van der Waals surface area (Å²) in [6.45, 7) is 3.37. The van der Waals surface area contributed by atoms with Gasteiger partial charge in [0, 0.05) is 23.3 Å². The highest BCUT2D eigenvalue weighted by Crippen LogP contribution is 2.16. The molecule has 2 rings (SSSR count). The maximum absolute atomic E-state index is 4.43. The molecule has 1 aliphatic rings. The Labute approximate surface area is 112 Å². The molecule has 0 aromatic carbocycles. The monoisotopic (exact) mass is 297 g/mol. The SMILES string of the molecule is CN1CCC(N(C)Cc2ccc(Br)cn2)CC1. The van der Waals surface area contributed by atoms with E-state index in [2.05, 4.69) is 56.9 Å². The molecule has 1 aromatic heterocycles. The summed E-state index contributed by atoms with van der Waals surface area (Å²) >= 11 is 3.41. The zero-order valence-electron chi connectivity index (χ0n) is 10.6. The van der Waals surface area contributed by atoms with Gasteiger partial charge in [-0.1, -0.05) is 0 Å². The van der Waals surface area contributed by atoms with Crippen LogP contribution in [0.4, 0.5) is 0 Å². The summed E-state index contributed by atoms with van der Waals surface area (Å²) in [5.74, 6) is 0. The van der Waals surface area contributed by atoms with Gasteiger partial charge in [-0.2, -0.15) is 0 Å². The van der Waals surface area contributed by atoms with Gasteiger partial charge < -0.3 is 4.90 Å². The Kier molecular flexibility index (Phi) is 4.54. The molecule has 4 heteroatoms. The Balaban J connectivity index is 1.88. The molecule has 1 aliphatic heterocycles. The van der Waals surface area contributed by atoms with Crippen LogP contribution in [0.5, 0.6) is 0 Å². The first-order valence-electron chi connectivity index (χ1n) is 6.14. The first-order chi connectivity index (χ1) is 8.15. The molecule has 0 atom stereocenters. The van der Waals surface area contributed by atoms with Gasteiger partial charge in [-0.05, 0) is 68.1 Å². The van der Waals surface area contributed by atoms with Crippen LogP contribution in [0.3, 0.4) is 0 Å². The fraction of sp³-hybridized carbons (Fsp3) is 0.615. The highest BCUT2D eigenvalue weighted by atomic mass is 79.9. The van der Waals surface area contributed by atoms with Gasteiger partial charge in [0.1, 0.15) is 0 Å². The van der Waals surface area contributed by atoms with Crippen LogP contribution in [-0.2, 0) is 6.54 Å². The summed E-state index contributed by atoms with van der Waals surface area (Å²) in [6, 6.07) is 4.86. The maximum Gasteiger partial charge on any atom is 0.0544 e. The summed E-state index contributed by atoms with van der Waals surface area (Å²) in [4.78, 5) is 9.27. The van der Waals surface area contributed by atoms with Gasteiger partial charge in [-0.15, -0.1) is 0 Å². The molecule has 1 saturated heterocycles. The van der Waals surface area contributed by atoms with Crippen molar-refractivity contribution in [3.63, 3.8) is 0 Å². The van der Waals surface area contributed by atoms with E-state index >= 15 is 0 Å². The Hall–Kier alpha value is -0.450. The van der Waals surface area contributed by atoms with Gasteiger partial charge in [0.25, 0.3) is 0 Å². The zero-order chi connectivity index (χ0) is 12.3. The van der Waals surface area contributed by atoms with Crippen LogP contribution in [0.25, 0.3) is 0 Å². The average Bonchev–Trinajstić information content (AvgIpc) is 2.33. The second kappa shape index (κ2) is 5.94. The molecule has 0 unspecified atom stereocenters. The number of hydrogen-bond donors (Lipinski definition) is 0. The van der Waals surface area contributed by atoms with Crippen LogP contribution < -0.4 is 0 Å².